The third kappa shape index (κ3) is 21.9. The summed E-state index contributed by atoms with van der Waals surface area (Å²) in [6, 6.07) is 13.0. The summed E-state index contributed by atoms with van der Waals surface area (Å²) in [7, 11) is 8.88. The Morgan fingerprint density at radius 2 is 0.796 bits per heavy atom. The lowest BCUT2D eigenvalue weighted by Gasteiger charge is -2.38. The monoisotopic (exact) mass is 1580 g/mol. The molecule has 4 aliphatic rings. The normalized spacial score (nSPS) is 16.6. The fourth-order valence-corrected chi connectivity index (χ4v) is 13.6. The Bertz CT molecular complexity index is 4290. The van der Waals surface area contributed by atoms with Gasteiger partial charge in [0.05, 0.1) is 39.2 Å². The molecule has 4 aliphatic heterocycles. The highest BCUT2D eigenvalue weighted by molar-refractivity contribution is 6.61. The molecule has 588 valence electrons. The van der Waals surface area contributed by atoms with Crippen LogP contribution in [-0.4, -0.2) is 162 Å². The molecule has 1 N–H and O–H groups in total. The van der Waals surface area contributed by atoms with E-state index in [0.717, 1.165) is 158 Å². The lowest BCUT2D eigenvalue weighted by atomic mass is 9.85. The Balaban J connectivity index is 0.000000180. The van der Waals surface area contributed by atoms with Gasteiger partial charge >= 0.3 is 25.6 Å². The second kappa shape index (κ2) is 36.3. The first kappa shape index (κ1) is 86.4. The van der Waals surface area contributed by atoms with E-state index in [4.69, 9.17) is 44.1 Å². The van der Waals surface area contributed by atoms with Gasteiger partial charge in [-0.2, -0.15) is 49.7 Å². The zero-order valence-electron chi connectivity index (χ0n) is 63.1. The summed E-state index contributed by atoms with van der Waals surface area (Å²) >= 11 is 17.3. The van der Waals surface area contributed by atoms with E-state index in [1.165, 1.54) is 18.2 Å². The molecule has 0 radical (unpaired) electrons. The molecule has 0 aliphatic carbocycles. The summed E-state index contributed by atoms with van der Waals surface area (Å²) in [6.07, 6.45) is -5.26. The summed E-state index contributed by atoms with van der Waals surface area (Å²) in [6.45, 7) is 24.9. The predicted molar refractivity (Wildman–Crippen MR) is 396 cm³/mol. The molecule has 4 saturated heterocycles. The molecule has 0 spiro atoms. The second-order valence-electron chi connectivity index (χ2n) is 28.6. The predicted octanol–water partition coefficient (Wildman–Crippen LogP) is 15.9. The van der Waals surface area contributed by atoms with Crippen LogP contribution in [0, 0.1) is 59.0 Å². The Morgan fingerprint density at radius 1 is 0.463 bits per heavy atom. The van der Waals surface area contributed by atoms with Gasteiger partial charge in [0.2, 0.25) is 0 Å². The summed E-state index contributed by atoms with van der Waals surface area (Å²) in [5.41, 5.74) is 5.43. The second-order valence-corrected chi connectivity index (χ2v) is 29.7. The van der Waals surface area contributed by atoms with Crippen molar-refractivity contribution in [3.63, 3.8) is 0 Å². The van der Waals surface area contributed by atoms with Crippen molar-refractivity contribution in [1.29, 1.82) is 0 Å². The minimum Gasteiger partial charge on any atom is -0.398 e. The number of hydrogen-bond acceptors (Lipinski definition) is 16. The van der Waals surface area contributed by atoms with E-state index in [0.29, 0.717) is 33.7 Å². The molecule has 34 heteroatoms. The van der Waals surface area contributed by atoms with Crippen molar-refractivity contribution in [3.8, 4) is 11.4 Å². The fourth-order valence-electron chi connectivity index (χ4n) is 13.1. The van der Waals surface area contributed by atoms with Gasteiger partial charge in [-0.15, -0.1) is 30.6 Å². The van der Waals surface area contributed by atoms with Crippen molar-refractivity contribution in [2.24, 2.45) is 14.1 Å². The number of benzene rings is 3. The van der Waals surface area contributed by atoms with Crippen LogP contribution in [0.4, 0.5) is 64.3 Å². The lowest BCUT2D eigenvalue weighted by molar-refractivity contribution is -0.139. The number of nitrogens with one attached hydrogen (secondary N) is 1. The number of anilines is 2. The molecule has 0 saturated carbocycles. The van der Waals surface area contributed by atoms with Crippen LogP contribution in [0.1, 0.15) is 133 Å². The highest BCUT2D eigenvalue weighted by Crippen LogP contribution is 2.40. The van der Waals surface area contributed by atoms with Gasteiger partial charge in [0.15, 0.2) is 27.1 Å². The molecule has 18 nitrogen and oxygen atoms in total. The van der Waals surface area contributed by atoms with Gasteiger partial charge < -0.3 is 24.4 Å². The number of rotatable bonds is 13. The van der Waals surface area contributed by atoms with Crippen LogP contribution in [0.3, 0.4) is 0 Å². The molecular formula is C74H92BCl3F12N16O2. The third-order valence-electron chi connectivity index (χ3n) is 20.9. The standard InChI is InChI=1S/C24H28F4N6.C20H23ClF4N4.C14H18F4N2.C10H17BN2O2.C6H6Cl2N2/c1-15-16(2)23(31-30-22(15)21-7-10-29-33(21)4)34-11-8-19(9-12-34)32(3)14-17-5-6-18(25)13-20(17)24(26,27)28;1-12-13(2)19(27-26-18(12)21)29-8-6-16(7-9-29)28(3)11-14-4-5-15(22)10-17(14)20(23,24)25;1-20(12-4-6-19-7-5-12)9-10-2-3-11(15)8-13(10)14(16,17)18;1-9(2)10(3,4)15-11(14-9)8-6-7-12-13(8)5;1-3-4(2)6(8)10-9-5(3)7/h5-7,10,13,19H,8-9,11-12,14H2,1-4H3;4-5,10,16H,6-9,11H2,1-3H3;2-3,8,12,19H,4-7,9H2,1H3;6-7H,1-5H3;1-2H3. The molecule has 0 bridgehead atoms. The van der Waals surface area contributed by atoms with Crippen molar-refractivity contribution in [2.45, 2.75) is 175 Å². The Kier molecular flexibility index (Phi) is 29.0. The van der Waals surface area contributed by atoms with E-state index >= 15 is 0 Å². The first-order chi connectivity index (χ1) is 50.5. The number of aryl methyl sites for hydroxylation is 2. The van der Waals surface area contributed by atoms with Gasteiger partial charge in [-0.1, -0.05) is 53.0 Å². The van der Waals surface area contributed by atoms with Crippen LogP contribution in [0.5, 0.6) is 0 Å². The highest BCUT2D eigenvalue weighted by atomic mass is 35.5. The lowest BCUT2D eigenvalue weighted by Crippen LogP contribution is -2.44. The van der Waals surface area contributed by atoms with Gasteiger partial charge in [-0.25, -0.2) is 13.2 Å². The largest absolute Gasteiger partial charge is 0.514 e. The van der Waals surface area contributed by atoms with Crippen LogP contribution >= 0.6 is 34.8 Å². The van der Waals surface area contributed by atoms with Crippen molar-refractivity contribution in [2.75, 3.05) is 70.2 Å². The first-order valence-electron chi connectivity index (χ1n) is 35.2. The van der Waals surface area contributed by atoms with Crippen LogP contribution in [0.25, 0.3) is 11.4 Å². The zero-order valence-corrected chi connectivity index (χ0v) is 65.4. The number of alkyl halides is 9. The molecule has 9 heterocycles. The Hall–Kier alpha value is -7.23. The van der Waals surface area contributed by atoms with Gasteiger partial charge in [-0.05, 0) is 241 Å². The number of aromatic nitrogens is 10. The maximum absolute atomic E-state index is 13.4. The first-order valence-corrected chi connectivity index (χ1v) is 36.3. The molecule has 3 aromatic carbocycles. The Morgan fingerprint density at radius 3 is 1.15 bits per heavy atom. The topological polar surface area (TPSA) is 160 Å². The quantitative estimate of drug-likeness (QED) is 0.0857. The molecular weight excluding hydrogens is 1490 g/mol. The molecule has 0 atom stereocenters. The van der Waals surface area contributed by atoms with Crippen molar-refractivity contribution < 1.29 is 62.0 Å². The van der Waals surface area contributed by atoms with Gasteiger partial charge in [-0.3, -0.25) is 24.1 Å². The van der Waals surface area contributed by atoms with Crippen LogP contribution < -0.4 is 20.7 Å². The van der Waals surface area contributed by atoms with Crippen molar-refractivity contribution >= 4 is 59.2 Å². The van der Waals surface area contributed by atoms with Gasteiger partial charge in [0.25, 0.3) is 0 Å². The fraction of sp³-hybridized carbons (Fsp3) is 0.514. The zero-order chi connectivity index (χ0) is 79.7. The summed E-state index contributed by atoms with van der Waals surface area (Å²) < 4.78 is 174. The van der Waals surface area contributed by atoms with Crippen LogP contribution in [0.2, 0.25) is 15.5 Å². The molecule has 0 amide bonds. The smallest absolute Gasteiger partial charge is 0.398 e. The van der Waals surface area contributed by atoms with Gasteiger partial charge in [0.1, 0.15) is 23.1 Å². The van der Waals surface area contributed by atoms with E-state index < -0.39 is 52.7 Å². The van der Waals surface area contributed by atoms with Crippen LogP contribution in [-0.2, 0) is 61.6 Å². The average Bonchev–Trinajstić information content (AvgIpc) is 1.56. The number of nitrogens with zero attached hydrogens (tertiary/aromatic N) is 15. The van der Waals surface area contributed by atoms with Crippen molar-refractivity contribution in [3.05, 3.63) is 179 Å². The average molecular weight is 1580 g/mol. The molecule has 108 heavy (non-hydrogen) atoms. The van der Waals surface area contributed by atoms with E-state index in [1.807, 2.05) is 124 Å². The SMILES string of the molecule is CN(Cc1ccc(F)cc1C(F)(F)F)C1CCNCC1.Cc1c(-c2ccnn2C)nnc(N2CCC(N(C)Cc3ccc(F)cc3C(F)(F)F)CC2)c1C.Cc1c(Cl)nnc(Cl)c1C.Cc1c(Cl)nnc(N2CCC(N(C)Cc3ccc(F)cc3C(F)(F)F)CC2)c1C.Cn1nccc1B1OC(C)(C)C(C)(C)O1. The van der Waals surface area contributed by atoms with E-state index in [-0.39, 0.29) is 72.8 Å². The number of piperidine rings is 3. The number of hydrogen-bond donors (Lipinski definition) is 1. The third-order valence-corrected chi connectivity index (χ3v) is 21.9. The van der Waals surface area contributed by atoms with E-state index in [9.17, 15) is 52.7 Å². The Labute approximate surface area is 638 Å². The minimum absolute atomic E-state index is 0.0823. The summed E-state index contributed by atoms with van der Waals surface area (Å²) in [5.74, 6) is -0.987. The molecule has 12 rings (SSSR count). The van der Waals surface area contributed by atoms with Gasteiger partial charge in [0, 0.05) is 90.4 Å². The molecule has 4 fully saturated rings. The maximum atomic E-state index is 13.4. The molecule has 8 aromatic rings. The minimum atomic E-state index is -4.59. The summed E-state index contributed by atoms with van der Waals surface area (Å²) in [4.78, 5) is 10.1. The van der Waals surface area contributed by atoms with E-state index in [2.05, 4.69) is 55.9 Å². The number of halogens is 15. The molecule has 0 unspecified atom stereocenters. The molecule has 5 aromatic heterocycles. The highest BCUT2D eigenvalue weighted by Gasteiger charge is 2.53. The van der Waals surface area contributed by atoms with E-state index in [1.54, 1.807) is 28.8 Å². The van der Waals surface area contributed by atoms with Crippen molar-refractivity contribution in [1.82, 2.24) is 70.2 Å². The van der Waals surface area contributed by atoms with Crippen LogP contribution in [0.15, 0.2) is 79.1 Å². The summed E-state index contributed by atoms with van der Waals surface area (Å²) in [5, 5.41) is 37.2. The maximum Gasteiger partial charge on any atom is 0.514 e.